The Morgan fingerprint density at radius 1 is 1.25 bits per heavy atom. The fourth-order valence-electron chi connectivity index (χ4n) is 2.78. The molecule has 1 rings (SSSR count). The first-order valence-electron chi connectivity index (χ1n) is 6.66. The highest BCUT2D eigenvalue weighted by Gasteiger charge is 2.25. The predicted octanol–water partition coefficient (Wildman–Crippen LogP) is 1.88. The fourth-order valence-corrected chi connectivity index (χ4v) is 2.78. The maximum atomic E-state index is 5.12. The van der Waals surface area contributed by atoms with Gasteiger partial charge in [0.05, 0.1) is 0 Å². The smallest absolute Gasteiger partial charge is 0.0474 e. The summed E-state index contributed by atoms with van der Waals surface area (Å²) in [6.07, 6.45) is 7.98. The third kappa shape index (κ3) is 4.40. The summed E-state index contributed by atoms with van der Waals surface area (Å²) in [5.74, 6) is 0. The van der Waals surface area contributed by atoms with Crippen LogP contribution in [0.15, 0.2) is 0 Å². The van der Waals surface area contributed by atoms with Crippen LogP contribution in [-0.2, 0) is 4.74 Å². The molecule has 0 aromatic carbocycles. The van der Waals surface area contributed by atoms with Gasteiger partial charge in [-0.05, 0) is 33.4 Å². The summed E-state index contributed by atoms with van der Waals surface area (Å²) >= 11 is 0. The SMILES string of the molecule is CNC1CCCCCC1N(C)CCCOC. The Labute approximate surface area is 101 Å². The quantitative estimate of drug-likeness (QED) is 0.555. The molecule has 0 aromatic heterocycles. The molecule has 0 radical (unpaired) electrons. The average molecular weight is 228 g/mol. The third-order valence-corrected chi connectivity index (χ3v) is 3.78. The summed E-state index contributed by atoms with van der Waals surface area (Å²) in [6, 6.07) is 1.39. The summed E-state index contributed by atoms with van der Waals surface area (Å²) in [6.45, 7) is 2.03. The van der Waals surface area contributed by atoms with E-state index in [9.17, 15) is 0 Å². The molecule has 2 unspecified atom stereocenters. The first-order chi connectivity index (χ1) is 7.79. The summed E-state index contributed by atoms with van der Waals surface area (Å²) in [5.41, 5.74) is 0. The van der Waals surface area contributed by atoms with E-state index in [0.29, 0.717) is 12.1 Å². The van der Waals surface area contributed by atoms with E-state index in [1.807, 2.05) is 0 Å². The summed E-state index contributed by atoms with van der Waals surface area (Å²) in [7, 11) is 6.14. The number of methoxy groups -OCH3 is 1. The number of hydrogen-bond acceptors (Lipinski definition) is 3. The van der Waals surface area contributed by atoms with Gasteiger partial charge in [-0.3, -0.25) is 0 Å². The number of hydrogen-bond donors (Lipinski definition) is 1. The van der Waals surface area contributed by atoms with Gasteiger partial charge in [0.15, 0.2) is 0 Å². The minimum Gasteiger partial charge on any atom is -0.385 e. The molecular weight excluding hydrogens is 200 g/mol. The molecule has 3 nitrogen and oxygen atoms in total. The Bertz CT molecular complexity index is 175. The van der Waals surface area contributed by atoms with E-state index in [-0.39, 0.29) is 0 Å². The average Bonchev–Trinajstić information content (AvgIpc) is 2.54. The van der Waals surface area contributed by atoms with Crippen molar-refractivity contribution in [3.63, 3.8) is 0 Å². The molecule has 16 heavy (non-hydrogen) atoms. The molecule has 2 atom stereocenters. The standard InChI is InChI=1S/C13H28N2O/c1-14-12-8-5-4-6-9-13(12)15(2)10-7-11-16-3/h12-14H,4-11H2,1-3H3. The fraction of sp³-hybridized carbons (Fsp3) is 1.00. The molecule has 96 valence electrons. The molecule has 0 amide bonds. The first kappa shape index (κ1) is 13.9. The van der Waals surface area contributed by atoms with E-state index in [4.69, 9.17) is 4.74 Å². The van der Waals surface area contributed by atoms with E-state index in [0.717, 1.165) is 19.6 Å². The van der Waals surface area contributed by atoms with Crippen LogP contribution in [0.2, 0.25) is 0 Å². The number of ether oxygens (including phenoxy) is 1. The molecule has 0 spiro atoms. The van der Waals surface area contributed by atoms with Gasteiger partial charge in [0.25, 0.3) is 0 Å². The van der Waals surface area contributed by atoms with Crippen LogP contribution >= 0.6 is 0 Å². The molecule has 1 N–H and O–H groups in total. The summed E-state index contributed by atoms with van der Waals surface area (Å²) in [4.78, 5) is 2.52. The van der Waals surface area contributed by atoms with Crippen LogP contribution in [0.25, 0.3) is 0 Å². The zero-order valence-electron chi connectivity index (χ0n) is 11.2. The molecule has 0 bridgehead atoms. The highest BCUT2D eigenvalue weighted by molar-refractivity contribution is 4.84. The molecule has 1 aliphatic rings. The molecule has 1 fully saturated rings. The van der Waals surface area contributed by atoms with Gasteiger partial charge in [-0.2, -0.15) is 0 Å². The number of rotatable bonds is 6. The zero-order chi connectivity index (χ0) is 11.8. The van der Waals surface area contributed by atoms with Crippen molar-refractivity contribution in [1.29, 1.82) is 0 Å². The van der Waals surface area contributed by atoms with Crippen molar-refractivity contribution in [2.45, 2.75) is 50.6 Å². The molecule has 0 aliphatic heterocycles. The molecule has 1 saturated carbocycles. The van der Waals surface area contributed by atoms with Crippen molar-refractivity contribution < 1.29 is 4.74 Å². The van der Waals surface area contributed by atoms with Gasteiger partial charge in [0.2, 0.25) is 0 Å². The van der Waals surface area contributed by atoms with Gasteiger partial charge in [-0.1, -0.05) is 19.3 Å². The normalized spacial score (nSPS) is 27.0. The predicted molar refractivity (Wildman–Crippen MR) is 68.8 cm³/mol. The summed E-state index contributed by atoms with van der Waals surface area (Å²) < 4.78 is 5.12. The first-order valence-corrected chi connectivity index (χ1v) is 6.66. The minimum absolute atomic E-state index is 0.676. The van der Waals surface area contributed by atoms with Crippen LogP contribution in [0, 0.1) is 0 Å². The Morgan fingerprint density at radius 2 is 2.00 bits per heavy atom. The van der Waals surface area contributed by atoms with Crippen LogP contribution < -0.4 is 5.32 Å². The van der Waals surface area contributed by atoms with Crippen LogP contribution in [0.4, 0.5) is 0 Å². The van der Waals surface area contributed by atoms with E-state index >= 15 is 0 Å². The van der Waals surface area contributed by atoms with Gasteiger partial charge in [-0.25, -0.2) is 0 Å². The topological polar surface area (TPSA) is 24.5 Å². The van der Waals surface area contributed by atoms with Crippen LogP contribution in [0.3, 0.4) is 0 Å². The molecule has 1 aliphatic carbocycles. The lowest BCUT2D eigenvalue weighted by Crippen LogP contribution is -2.47. The van der Waals surface area contributed by atoms with Crippen LogP contribution in [-0.4, -0.2) is 51.3 Å². The van der Waals surface area contributed by atoms with E-state index in [1.165, 1.54) is 32.1 Å². The number of nitrogens with one attached hydrogen (secondary N) is 1. The Balaban J connectivity index is 2.39. The van der Waals surface area contributed by atoms with Gasteiger partial charge >= 0.3 is 0 Å². The van der Waals surface area contributed by atoms with E-state index in [1.54, 1.807) is 7.11 Å². The van der Waals surface area contributed by atoms with Gasteiger partial charge in [0.1, 0.15) is 0 Å². The maximum absolute atomic E-state index is 5.12. The van der Waals surface area contributed by atoms with Crippen molar-refractivity contribution in [3.8, 4) is 0 Å². The second kappa shape index (κ2) is 8.04. The number of likely N-dealkylation sites (N-methyl/N-ethyl adjacent to an activating group) is 2. The second-order valence-electron chi connectivity index (χ2n) is 4.93. The van der Waals surface area contributed by atoms with Gasteiger partial charge in [-0.15, -0.1) is 0 Å². The molecule has 0 saturated heterocycles. The van der Waals surface area contributed by atoms with Crippen molar-refractivity contribution in [2.24, 2.45) is 0 Å². The number of nitrogens with zero attached hydrogens (tertiary/aromatic N) is 1. The Kier molecular flexibility index (Phi) is 7.01. The lowest BCUT2D eigenvalue weighted by molar-refractivity contribution is 0.147. The summed E-state index contributed by atoms with van der Waals surface area (Å²) in [5, 5.41) is 3.49. The van der Waals surface area contributed by atoms with Crippen molar-refractivity contribution in [1.82, 2.24) is 10.2 Å². The minimum atomic E-state index is 0.676. The lowest BCUT2D eigenvalue weighted by atomic mass is 10.0. The Morgan fingerprint density at radius 3 is 2.69 bits per heavy atom. The molecular formula is C13H28N2O. The van der Waals surface area contributed by atoms with E-state index in [2.05, 4.69) is 24.3 Å². The van der Waals surface area contributed by atoms with Gasteiger partial charge in [0, 0.05) is 32.3 Å². The largest absolute Gasteiger partial charge is 0.385 e. The highest BCUT2D eigenvalue weighted by atomic mass is 16.5. The van der Waals surface area contributed by atoms with Crippen molar-refractivity contribution >= 4 is 0 Å². The Hall–Kier alpha value is -0.120. The van der Waals surface area contributed by atoms with Gasteiger partial charge < -0.3 is 15.0 Å². The zero-order valence-corrected chi connectivity index (χ0v) is 11.2. The van der Waals surface area contributed by atoms with Crippen LogP contribution in [0.1, 0.15) is 38.5 Å². The highest BCUT2D eigenvalue weighted by Crippen LogP contribution is 2.21. The van der Waals surface area contributed by atoms with Crippen molar-refractivity contribution in [2.75, 3.05) is 34.4 Å². The second-order valence-corrected chi connectivity index (χ2v) is 4.93. The monoisotopic (exact) mass is 228 g/mol. The van der Waals surface area contributed by atoms with Crippen molar-refractivity contribution in [3.05, 3.63) is 0 Å². The maximum Gasteiger partial charge on any atom is 0.0474 e. The van der Waals surface area contributed by atoms with E-state index < -0.39 is 0 Å². The molecule has 0 aromatic rings. The lowest BCUT2D eigenvalue weighted by Gasteiger charge is -2.33. The third-order valence-electron chi connectivity index (χ3n) is 3.78. The van der Waals surface area contributed by atoms with Crippen LogP contribution in [0.5, 0.6) is 0 Å². The molecule has 3 heteroatoms. The molecule has 0 heterocycles.